The summed E-state index contributed by atoms with van der Waals surface area (Å²) >= 11 is 0. The van der Waals surface area contributed by atoms with Gasteiger partial charge in [-0.3, -0.25) is 14.5 Å². The number of imide groups is 1. The molecule has 0 saturated carbocycles. The Balaban J connectivity index is 1.48. The van der Waals surface area contributed by atoms with Gasteiger partial charge in [0.2, 0.25) is 0 Å². The SMILES string of the molecule is CCc1cc(N2CCOCC2)nn2c(Cc3cccc(C(F)(F)F)c3C)c(CN3C(=O)C4=C(CCC=C4)C3=O)nc12. The number of halogens is 3. The lowest BCUT2D eigenvalue weighted by Crippen LogP contribution is -2.37. The van der Waals surface area contributed by atoms with Crippen LogP contribution in [0.25, 0.3) is 5.65 Å². The van der Waals surface area contributed by atoms with Crippen molar-refractivity contribution in [2.75, 3.05) is 31.2 Å². The van der Waals surface area contributed by atoms with Crippen LogP contribution in [0.3, 0.4) is 0 Å². The smallest absolute Gasteiger partial charge is 0.378 e. The standard InChI is InChI=1S/C30H30F3N5O3/c1-3-19-16-26(36-11-13-41-14-12-36)35-38-25(15-20-7-6-10-23(18(20)2)30(31,32)33)24(34-27(19)38)17-37-28(39)21-8-4-5-9-22(21)29(37)40/h4,6-8,10,16H,3,5,9,11-15,17H2,1-2H3. The first-order chi connectivity index (χ1) is 19.7. The largest absolute Gasteiger partial charge is 0.416 e. The van der Waals surface area contributed by atoms with Gasteiger partial charge in [-0.15, -0.1) is 5.10 Å². The highest BCUT2D eigenvalue weighted by molar-refractivity contribution is 6.20. The maximum atomic E-state index is 13.8. The minimum absolute atomic E-state index is 0.0920. The van der Waals surface area contributed by atoms with Crippen LogP contribution >= 0.6 is 0 Å². The van der Waals surface area contributed by atoms with Crippen LogP contribution in [0.1, 0.15) is 53.4 Å². The van der Waals surface area contributed by atoms with Gasteiger partial charge in [-0.1, -0.05) is 31.2 Å². The van der Waals surface area contributed by atoms with Gasteiger partial charge in [0.15, 0.2) is 5.65 Å². The molecule has 6 rings (SSSR count). The molecule has 41 heavy (non-hydrogen) atoms. The Morgan fingerprint density at radius 3 is 2.56 bits per heavy atom. The van der Waals surface area contributed by atoms with Gasteiger partial charge in [-0.05, 0) is 49.4 Å². The monoisotopic (exact) mass is 565 g/mol. The van der Waals surface area contributed by atoms with Gasteiger partial charge >= 0.3 is 6.18 Å². The normalized spacial score (nSPS) is 17.8. The molecule has 0 bridgehead atoms. The molecular weight excluding hydrogens is 535 g/mol. The predicted molar refractivity (Wildman–Crippen MR) is 145 cm³/mol. The molecule has 0 unspecified atom stereocenters. The van der Waals surface area contributed by atoms with Crippen LogP contribution < -0.4 is 4.90 Å². The molecule has 8 nitrogen and oxygen atoms in total. The molecule has 4 heterocycles. The highest BCUT2D eigenvalue weighted by atomic mass is 19.4. The molecule has 0 radical (unpaired) electrons. The topological polar surface area (TPSA) is 80.0 Å². The molecular formula is C30H30F3N5O3. The van der Waals surface area contributed by atoms with Gasteiger partial charge in [0, 0.05) is 36.2 Å². The number of fused-ring (bicyclic) bond motifs is 1. The number of hydrogen-bond acceptors (Lipinski definition) is 6. The van der Waals surface area contributed by atoms with Crippen molar-refractivity contribution in [1.29, 1.82) is 0 Å². The summed E-state index contributed by atoms with van der Waals surface area (Å²) in [5, 5.41) is 4.90. The van der Waals surface area contributed by atoms with Gasteiger partial charge in [0.05, 0.1) is 36.7 Å². The summed E-state index contributed by atoms with van der Waals surface area (Å²) in [6, 6.07) is 6.12. The second-order valence-electron chi connectivity index (χ2n) is 10.5. The molecule has 0 spiro atoms. The van der Waals surface area contributed by atoms with Crippen molar-refractivity contribution < 1.29 is 27.5 Å². The Hall–Kier alpha value is -3.99. The molecule has 11 heteroatoms. The Kier molecular flexibility index (Phi) is 6.93. The number of aryl methyl sites for hydroxylation is 1. The molecule has 1 saturated heterocycles. The van der Waals surface area contributed by atoms with Crippen LogP contribution in [-0.4, -0.2) is 57.6 Å². The van der Waals surface area contributed by atoms with E-state index in [0.29, 0.717) is 79.3 Å². The first kappa shape index (κ1) is 27.2. The van der Waals surface area contributed by atoms with Crippen LogP contribution in [0.4, 0.5) is 19.0 Å². The summed E-state index contributed by atoms with van der Waals surface area (Å²) in [4.78, 5) is 34.7. The number of ether oxygens (including phenoxy) is 1. The number of carbonyl (C=O) groups is 2. The number of hydrogen-bond donors (Lipinski definition) is 0. The summed E-state index contributed by atoms with van der Waals surface area (Å²) < 4.78 is 48.5. The molecule has 2 aliphatic heterocycles. The van der Waals surface area contributed by atoms with Crippen molar-refractivity contribution in [1.82, 2.24) is 19.5 Å². The van der Waals surface area contributed by atoms with Crippen LogP contribution in [0.5, 0.6) is 0 Å². The second-order valence-corrected chi connectivity index (χ2v) is 10.5. The maximum absolute atomic E-state index is 13.8. The number of rotatable bonds is 6. The Labute approximate surface area is 235 Å². The van der Waals surface area contributed by atoms with Gasteiger partial charge in [0.1, 0.15) is 5.82 Å². The zero-order valence-electron chi connectivity index (χ0n) is 22.9. The number of anilines is 1. The van der Waals surface area contributed by atoms with Crippen molar-refractivity contribution in [2.24, 2.45) is 0 Å². The van der Waals surface area contributed by atoms with E-state index in [1.807, 2.05) is 19.1 Å². The molecule has 3 aromatic rings. The third-order valence-electron chi connectivity index (χ3n) is 8.11. The first-order valence-electron chi connectivity index (χ1n) is 13.8. The van der Waals surface area contributed by atoms with E-state index in [1.54, 1.807) is 16.7 Å². The summed E-state index contributed by atoms with van der Waals surface area (Å²) in [5.41, 5.74) is 3.26. The average Bonchev–Trinajstić information content (AvgIpc) is 3.43. The fourth-order valence-corrected chi connectivity index (χ4v) is 5.81. The quantitative estimate of drug-likeness (QED) is 0.408. The summed E-state index contributed by atoms with van der Waals surface area (Å²) in [6.07, 6.45) is 1.01. The zero-order chi connectivity index (χ0) is 28.9. The number of aromatic nitrogens is 3. The van der Waals surface area contributed by atoms with Crippen molar-refractivity contribution in [3.05, 3.63) is 81.2 Å². The van der Waals surface area contributed by atoms with Gasteiger partial charge in [-0.25, -0.2) is 9.50 Å². The Bertz CT molecular complexity index is 1620. The number of benzene rings is 1. The van der Waals surface area contributed by atoms with E-state index in [0.717, 1.165) is 17.4 Å². The van der Waals surface area contributed by atoms with Gasteiger partial charge in [0.25, 0.3) is 11.8 Å². The number of imidazole rings is 1. The van der Waals surface area contributed by atoms with E-state index in [2.05, 4.69) is 4.90 Å². The molecule has 2 amide bonds. The molecule has 1 fully saturated rings. The number of amides is 2. The highest BCUT2D eigenvalue weighted by Crippen LogP contribution is 2.35. The van der Waals surface area contributed by atoms with E-state index in [9.17, 15) is 22.8 Å². The fourth-order valence-electron chi connectivity index (χ4n) is 5.81. The summed E-state index contributed by atoms with van der Waals surface area (Å²) in [5.74, 6) is 0.00128. The number of morpholine rings is 1. The third kappa shape index (κ3) is 4.81. The molecule has 0 atom stereocenters. The van der Waals surface area contributed by atoms with Crippen LogP contribution in [0.15, 0.2) is 47.6 Å². The molecule has 1 aliphatic carbocycles. The minimum Gasteiger partial charge on any atom is -0.378 e. The van der Waals surface area contributed by atoms with Crippen LogP contribution in [0, 0.1) is 6.92 Å². The van der Waals surface area contributed by atoms with E-state index in [1.165, 1.54) is 17.9 Å². The predicted octanol–water partition coefficient (Wildman–Crippen LogP) is 4.56. The molecule has 3 aliphatic rings. The number of alkyl halides is 3. The van der Waals surface area contributed by atoms with Crippen molar-refractivity contribution >= 4 is 23.3 Å². The molecule has 1 aromatic carbocycles. The summed E-state index contributed by atoms with van der Waals surface area (Å²) in [6.45, 7) is 5.82. The fraction of sp³-hybridized carbons (Fsp3) is 0.400. The van der Waals surface area contributed by atoms with Crippen LogP contribution in [-0.2, 0) is 39.9 Å². The van der Waals surface area contributed by atoms with Crippen molar-refractivity contribution in [3.8, 4) is 0 Å². The van der Waals surface area contributed by atoms with E-state index in [4.69, 9.17) is 14.8 Å². The Morgan fingerprint density at radius 2 is 1.85 bits per heavy atom. The molecule has 2 aromatic heterocycles. The Morgan fingerprint density at radius 1 is 1.07 bits per heavy atom. The maximum Gasteiger partial charge on any atom is 0.416 e. The average molecular weight is 566 g/mol. The number of nitrogens with zero attached hydrogens (tertiary/aromatic N) is 5. The number of allylic oxidation sites excluding steroid dienone is 1. The van der Waals surface area contributed by atoms with E-state index >= 15 is 0 Å². The molecule has 214 valence electrons. The molecule has 0 N–H and O–H groups in total. The lowest BCUT2D eigenvalue weighted by Gasteiger charge is -2.28. The van der Waals surface area contributed by atoms with Crippen molar-refractivity contribution in [3.63, 3.8) is 0 Å². The van der Waals surface area contributed by atoms with Crippen molar-refractivity contribution in [2.45, 2.75) is 52.3 Å². The third-order valence-corrected chi connectivity index (χ3v) is 8.11. The zero-order valence-corrected chi connectivity index (χ0v) is 22.9. The lowest BCUT2D eigenvalue weighted by atomic mass is 9.98. The van der Waals surface area contributed by atoms with Gasteiger partial charge < -0.3 is 9.64 Å². The first-order valence-corrected chi connectivity index (χ1v) is 13.8. The summed E-state index contributed by atoms with van der Waals surface area (Å²) in [7, 11) is 0. The minimum atomic E-state index is -4.49. The second kappa shape index (κ2) is 10.4. The highest BCUT2D eigenvalue weighted by Gasteiger charge is 2.39. The number of carbonyl (C=O) groups excluding carboxylic acids is 2. The lowest BCUT2D eigenvalue weighted by molar-refractivity contribution is -0.139. The van der Waals surface area contributed by atoms with E-state index in [-0.39, 0.29) is 30.3 Å². The van der Waals surface area contributed by atoms with Gasteiger partial charge in [-0.2, -0.15) is 13.2 Å². The van der Waals surface area contributed by atoms with E-state index < -0.39 is 11.7 Å². The van der Waals surface area contributed by atoms with Crippen LogP contribution in [0.2, 0.25) is 0 Å².